The van der Waals surface area contributed by atoms with E-state index in [0.717, 1.165) is 24.9 Å². The van der Waals surface area contributed by atoms with Gasteiger partial charge in [0.05, 0.1) is 18.6 Å². The van der Waals surface area contributed by atoms with Crippen molar-refractivity contribution in [3.8, 4) is 5.75 Å². The predicted octanol–water partition coefficient (Wildman–Crippen LogP) is 1.01. The van der Waals surface area contributed by atoms with Crippen LogP contribution in [0.4, 0.5) is 0 Å². The molecule has 9 heteroatoms. The molecule has 0 bridgehead atoms. The van der Waals surface area contributed by atoms with Crippen LogP contribution < -0.4 is 10.1 Å². The number of rotatable bonds is 4. The number of nitrogens with zero attached hydrogens (tertiary/aromatic N) is 2. The molecule has 146 valence electrons. The zero-order valence-electron chi connectivity index (χ0n) is 15.1. The highest BCUT2D eigenvalue weighted by Crippen LogP contribution is 2.27. The Bertz CT molecular complexity index is 756. The van der Waals surface area contributed by atoms with Gasteiger partial charge in [-0.1, -0.05) is 0 Å². The molecule has 1 atom stereocenters. The number of carbonyl (C=O) groups excluding carboxylic acids is 1. The smallest absolute Gasteiger partial charge is 0.243 e. The number of aryl methyl sites for hydroxylation is 1. The summed E-state index contributed by atoms with van der Waals surface area (Å²) < 4.78 is 32.8. The fourth-order valence-electron chi connectivity index (χ4n) is 3.56. The van der Waals surface area contributed by atoms with E-state index in [1.807, 2.05) is 11.8 Å². The second kappa shape index (κ2) is 8.56. The van der Waals surface area contributed by atoms with Crippen molar-refractivity contribution in [3.05, 3.63) is 23.8 Å². The average molecular weight is 404 g/mol. The Labute approximate surface area is 161 Å². The maximum Gasteiger partial charge on any atom is 0.243 e. The van der Waals surface area contributed by atoms with Crippen molar-refractivity contribution >= 4 is 28.3 Å². The number of piperazine rings is 1. The number of sulfonamides is 1. The maximum absolute atomic E-state index is 13.0. The molecule has 1 N–H and O–H groups in total. The molecule has 1 aromatic rings. The largest absolute Gasteiger partial charge is 0.496 e. The van der Waals surface area contributed by atoms with Gasteiger partial charge in [-0.3, -0.25) is 4.79 Å². The molecule has 7 nitrogen and oxygen atoms in total. The van der Waals surface area contributed by atoms with Crippen molar-refractivity contribution in [2.24, 2.45) is 0 Å². The van der Waals surface area contributed by atoms with Gasteiger partial charge in [-0.2, -0.15) is 4.31 Å². The Morgan fingerprint density at radius 1 is 1.27 bits per heavy atom. The van der Waals surface area contributed by atoms with Crippen LogP contribution in [0.5, 0.6) is 5.75 Å². The zero-order chi connectivity index (χ0) is 18.0. The summed E-state index contributed by atoms with van der Waals surface area (Å²) in [7, 11) is -2.01. The number of benzene rings is 1. The van der Waals surface area contributed by atoms with E-state index in [9.17, 15) is 13.2 Å². The first kappa shape index (κ1) is 21.0. The second-order valence-corrected chi connectivity index (χ2v) is 8.49. The third-order valence-electron chi connectivity index (χ3n) is 4.93. The molecule has 1 amide bonds. The summed E-state index contributed by atoms with van der Waals surface area (Å²) in [4.78, 5) is 14.2. The van der Waals surface area contributed by atoms with Crippen LogP contribution in [0.25, 0.3) is 0 Å². The van der Waals surface area contributed by atoms with Crippen molar-refractivity contribution < 1.29 is 17.9 Å². The number of carbonyl (C=O) groups is 1. The van der Waals surface area contributed by atoms with Crippen molar-refractivity contribution in [1.29, 1.82) is 0 Å². The third-order valence-corrected chi connectivity index (χ3v) is 6.79. The van der Waals surface area contributed by atoms with Gasteiger partial charge in [-0.05, 0) is 43.5 Å². The van der Waals surface area contributed by atoms with Crippen LogP contribution >= 0.6 is 12.4 Å². The molecule has 0 spiro atoms. The van der Waals surface area contributed by atoms with Gasteiger partial charge in [0.25, 0.3) is 0 Å². The molecule has 0 radical (unpaired) electrons. The first-order valence-electron chi connectivity index (χ1n) is 8.58. The summed E-state index contributed by atoms with van der Waals surface area (Å²) in [5, 5.41) is 3.05. The van der Waals surface area contributed by atoms with E-state index in [1.54, 1.807) is 25.3 Å². The number of amides is 1. The molecule has 0 saturated carbocycles. The molecule has 1 aromatic carbocycles. The maximum atomic E-state index is 13.0. The van der Waals surface area contributed by atoms with Crippen LogP contribution in [0.15, 0.2) is 23.1 Å². The van der Waals surface area contributed by atoms with Gasteiger partial charge in [0.2, 0.25) is 15.9 Å². The number of nitrogens with one attached hydrogen (secondary N) is 1. The van der Waals surface area contributed by atoms with Crippen LogP contribution in [0, 0.1) is 6.92 Å². The van der Waals surface area contributed by atoms with E-state index >= 15 is 0 Å². The molecule has 1 unspecified atom stereocenters. The molecule has 0 aromatic heterocycles. The van der Waals surface area contributed by atoms with E-state index in [-0.39, 0.29) is 29.3 Å². The van der Waals surface area contributed by atoms with Gasteiger partial charge in [0, 0.05) is 32.2 Å². The van der Waals surface area contributed by atoms with Crippen LogP contribution in [-0.4, -0.2) is 69.4 Å². The number of methoxy groups -OCH3 is 1. The molecule has 2 heterocycles. The van der Waals surface area contributed by atoms with E-state index in [0.29, 0.717) is 31.9 Å². The lowest BCUT2D eigenvalue weighted by Crippen LogP contribution is -2.57. The van der Waals surface area contributed by atoms with Gasteiger partial charge in [0.1, 0.15) is 5.75 Å². The highest BCUT2D eigenvalue weighted by molar-refractivity contribution is 7.89. The van der Waals surface area contributed by atoms with Gasteiger partial charge in [-0.15, -0.1) is 12.4 Å². The topological polar surface area (TPSA) is 79.0 Å². The fourth-order valence-corrected chi connectivity index (χ4v) is 5.16. The number of halogens is 1. The number of piperidine rings is 1. The number of hydrogen-bond donors (Lipinski definition) is 1. The predicted molar refractivity (Wildman–Crippen MR) is 101 cm³/mol. The standard InChI is InChI=1S/C17H25N3O4S.ClH/c1-13-10-15(5-6-16(13)24-2)25(22,23)19-8-3-4-14(12-19)20-9-7-18-11-17(20)21;/h5-6,10,14,18H,3-4,7-9,11-12H2,1-2H3;1H. The summed E-state index contributed by atoms with van der Waals surface area (Å²) in [6.07, 6.45) is 1.61. The second-order valence-electron chi connectivity index (χ2n) is 6.55. The van der Waals surface area contributed by atoms with Crippen LogP contribution in [0.2, 0.25) is 0 Å². The summed E-state index contributed by atoms with van der Waals surface area (Å²) in [5.74, 6) is 0.720. The molecule has 2 fully saturated rings. The van der Waals surface area contributed by atoms with E-state index in [1.165, 1.54) is 4.31 Å². The Hall–Kier alpha value is -1.35. The quantitative estimate of drug-likeness (QED) is 0.811. The van der Waals surface area contributed by atoms with Crippen molar-refractivity contribution in [3.63, 3.8) is 0 Å². The monoisotopic (exact) mass is 403 g/mol. The Morgan fingerprint density at radius 3 is 2.69 bits per heavy atom. The molecular weight excluding hydrogens is 378 g/mol. The van der Waals surface area contributed by atoms with Crippen molar-refractivity contribution in [2.45, 2.75) is 30.7 Å². The molecule has 2 aliphatic rings. The lowest BCUT2D eigenvalue weighted by molar-refractivity contribution is -0.135. The Balaban J connectivity index is 0.00000243. The highest BCUT2D eigenvalue weighted by atomic mass is 35.5. The van der Waals surface area contributed by atoms with Crippen molar-refractivity contribution in [1.82, 2.24) is 14.5 Å². The molecule has 0 aliphatic carbocycles. The van der Waals surface area contributed by atoms with Crippen molar-refractivity contribution in [2.75, 3.05) is 39.8 Å². The molecule has 3 rings (SSSR count). The van der Waals surface area contributed by atoms with Crippen LogP contribution in [0.3, 0.4) is 0 Å². The molecule has 2 saturated heterocycles. The summed E-state index contributed by atoms with van der Waals surface area (Å²) >= 11 is 0. The first-order chi connectivity index (χ1) is 11.9. The van der Waals surface area contributed by atoms with E-state index < -0.39 is 10.0 Å². The normalized spacial score (nSPS) is 22.0. The van der Waals surface area contributed by atoms with Gasteiger partial charge < -0.3 is 15.0 Å². The first-order valence-corrected chi connectivity index (χ1v) is 10.0. The lowest BCUT2D eigenvalue weighted by Gasteiger charge is -2.40. The summed E-state index contributed by atoms with van der Waals surface area (Å²) in [5.41, 5.74) is 0.786. The minimum atomic E-state index is -3.57. The van der Waals surface area contributed by atoms with E-state index in [4.69, 9.17) is 4.74 Å². The lowest BCUT2D eigenvalue weighted by atomic mass is 10.1. The fraction of sp³-hybridized carbons (Fsp3) is 0.588. The number of hydrogen-bond acceptors (Lipinski definition) is 5. The Morgan fingerprint density at radius 2 is 2.04 bits per heavy atom. The molecule has 2 aliphatic heterocycles. The average Bonchev–Trinajstić information content (AvgIpc) is 2.62. The Kier molecular flexibility index (Phi) is 6.90. The van der Waals surface area contributed by atoms with Gasteiger partial charge in [-0.25, -0.2) is 8.42 Å². The summed E-state index contributed by atoms with van der Waals surface area (Å²) in [6, 6.07) is 4.87. The van der Waals surface area contributed by atoms with Crippen LogP contribution in [-0.2, 0) is 14.8 Å². The highest BCUT2D eigenvalue weighted by Gasteiger charge is 2.35. The summed E-state index contributed by atoms with van der Waals surface area (Å²) in [6.45, 7) is 4.41. The minimum absolute atomic E-state index is 0. The number of ether oxygens (including phenoxy) is 1. The SMILES string of the molecule is COc1ccc(S(=O)(=O)N2CCCC(N3CCNCC3=O)C2)cc1C.Cl. The zero-order valence-corrected chi connectivity index (χ0v) is 16.7. The molecule has 26 heavy (non-hydrogen) atoms. The third kappa shape index (κ3) is 4.14. The molecular formula is C17H26ClN3O4S. The minimum Gasteiger partial charge on any atom is -0.496 e. The van der Waals surface area contributed by atoms with Gasteiger partial charge in [0.15, 0.2) is 0 Å². The van der Waals surface area contributed by atoms with Gasteiger partial charge >= 0.3 is 0 Å². The van der Waals surface area contributed by atoms with E-state index in [2.05, 4.69) is 5.32 Å². The van der Waals surface area contributed by atoms with Crippen LogP contribution in [0.1, 0.15) is 18.4 Å².